The van der Waals surface area contributed by atoms with Crippen LogP contribution in [0.25, 0.3) is 11.4 Å². The monoisotopic (exact) mass is 521 g/mol. The van der Waals surface area contributed by atoms with Crippen LogP contribution in [0.3, 0.4) is 0 Å². The highest BCUT2D eigenvalue weighted by Crippen LogP contribution is 2.30. The Bertz CT molecular complexity index is 1610. The van der Waals surface area contributed by atoms with Gasteiger partial charge >= 0.3 is 5.69 Å². The second kappa shape index (κ2) is 9.56. The van der Waals surface area contributed by atoms with Gasteiger partial charge in [0.25, 0.3) is 0 Å². The van der Waals surface area contributed by atoms with Crippen LogP contribution in [0.5, 0.6) is 11.6 Å². The van der Waals surface area contributed by atoms with Crippen molar-refractivity contribution < 1.29 is 10.2 Å². The number of aromatic nitrogens is 5. The molecule has 0 bridgehead atoms. The first kappa shape index (κ1) is 23.7. The zero-order valence-electron chi connectivity index (χ0n) is 19.1. The number of benzene rings is 2. The van der Waals surface area contributed by atoms with Crippen LogP contribution in [0.15, 0.2) is 78.1 Å². The fourth-order valence-electron chi connectivity index (χ4n) is 4.11. The molecule has 36 heavy (non-hydrogen) atoms. The largest absolute Gasteiger partial charge is 0.507 e. The molecule has 0 spiro atoms. The molecule has 2 aromatic carbocycles. The van der Waals surface area contributed by atoms with Crippen molar-refractivity contribution >= 4 is 23.2 Å². The van der Waals surface area contributed by atoms with Gasteiger partial charge in [-0.25, -0.2) is 14.3 Å². The minimum atomic E-state index is -0.414. The molecule has 3 aromatic heterocycles. The van der Waals surface area contributed by atoms with E-state index in [2.05, 4.69) is 9.97 Å². The number of imidazole rings is 2. The molecule has 5 rings (SSSR count). The molecule has 0 unspecified atom stereocenters. The fraction of sp³-hybridized carbons (Fsp3) is 0.115. The SMILES string of the molecule is Cc1cccc(Cc2c(O)n(-c3ccc(-n4cnc(Cl)c4Cl)cc3)c(=O)n2Cc2ccncc2)c1O. The summed E-state index contributed by atoms with van der Waals surface area (Å²) >= 11 is 12.2. The smallest absolute Gasteiger partial charge is 0.336 e. The quantitative estimate of drug-likeness (QED) is 0.331. The third-order valence-electron chi connectivity index (χ3n) is 6.04. The van der Waals surface area contributed by atoms with Gasteiger partial charge in [-0.2, -0.15) is 0 Å². The number of phenolic OH excluding ortho intramolecular Hbond substituents is 1. The molecule has 182 valence electrons. The molecule has 2 N–H and O–H groups in total. The minimum absolute atomic E-state index is 0.132. The van der Waals surface area contributed by atoms with E-state index in [0.717, 1.165) is 5.56 Å². The number of aryl methyl sites for hydroxylation is 1. The van der Waals surface area contributed by atoms with Crippen LogP contribution in [0.1, 0.15) is 22.4 Å². The van der Waals surface area contributed by atoms with Crippen LogP contribution < -0.4 is 5.69 Å². The summed E-state index contributed by atoms with van der Waals surface area (Å²) in [7, 11) is 0. The molecule has 10 heteroatoms. The van der Waals surface area contributed by atoms with Gasteiger partial charge in [0.15, 0.2) is 10.3 Å². The summed E-state index contributed by atoms with van der Waals surface area (Å²) < 4.78 is 4.36. The number of phenols is 1. The van der Waals surface area contributed by atoms with Crippen molar-refractivity contribution in [2.45, 2.75) is 19.9 Å². The number of hydrogen-bond donors (Lipinski definition) is 2. The Morgan fingerprint density at radius 1 is 0.944 bits per heavy atom. The van der Waals surface area contributed by atoms with Gasteiger partial charge in [0.1, 0.15) is 12.1 Å². The standard InChI is InChI=1S/C26H21Cl2N5O3/c1-16-3-2-4-18(22(16)34)13-21-25(35)33(26(36)31(21)14-17-9-11-29-12-10-17)20-7-5-19(6-8-20)32-15-30-23(27)24(32)28/h2-12,15,34-35H,13-14H2,1H3. The molecule has 8 nitrogen and oxygen atoms in total. The highest BCUT2D eigenvalue weighted by molar-refractivity contribution is 6.40. The van der Waals surface area contributed by atoms with E-state index < -0.39 is 5.69 Å². The number of nitrogens with zero attached hydrogens (tertiary/aromatic N) is 5. The van der Waals surface area contributed by atoms with E-state index in [1.807, 2.05) is 18.2 Å². The van der Waals surface area contributed by atoms with E-state index in [1.165, 1.54) is 15.5 Å². The first-order valence-corrected chi connectivity index (χ1v) is 11.8. The Balaban J connectivity index is 1.61. The van der Waals surface area contributed by atoms with Crippen LogP contribution in [0, 0.1) is 6.92 Å². The fourth-order valence-corrected chi connectivity index (χ4v) is 4.44. The molecule has 0 fully saturated rings. The van der Waals surface area contributed by atoms with Crippen LogP contribution in [-0.4, -0.2) is 33.9 Å². The number of rotatable bonds is 6. The summed E-state index contributed by atoms with van der Waals surface area (Å²) in [6.07, 6.45) is 4.96. The Morgan fingerprint density at radius 3 is 2.31 bits per heavy atom. The van der Waals surface area contributed by atoms with Crippen LogP contribution in [-0.2, 0) is 13.0 Å². The number of aromatic hydroxyl groups is 2. The first-order chi connectivity index (χ1) is 17.3. The summed E-state index contributed by atoms with van der Waals surface area (Å²) in [5.74, 6) is -0.0702. The summed E-state index contributed by atoms with van der Waals surface area (Å²) in [5.41, 5.74) is 3.29. The molecule has 0 radical (unpaired) electrons. The Morgan fingerprint density at radius 2 is 1.64 bits per heavy atom. The summed E-state index contributed by atoms with van der Waals surface area (Å²) in [6, 6.07) is 15.9. The topological polar surface area (TPSA) is 98.1 Å². The van der Waals surface area contributed by atoms with E-state index >= 15 is 0 Å². The third kappa shape index (κ3) is 4.25. The predicted octanol–water partition coefficient (Wildman–Crippen LogP) is 4.89. The van der Waals surface area contributed by atoms with Gasteiger partial charge in [0.05, 0.1) is 17.9 Å². The van der Waals surface area contributed by atoms with Gasteiger partial charge in [-0.05, 0) is 54.4 Å². The molecule has 0 aliphatic rings. The third-order valence-corrected chi connectivity index (χ3v) is 6.78. The van der Waals surface area contributed by atoms with Gasteiger partial charge in [-0.15, -0.1) is 0 Å². The summed E-state index contributed by atoms with van der Waals surface area (Å²) in [6.45, 7) is 2.03. The van der Waals surface area contributed by atoms with Gasteiger partial charge in [-0.1, -0.05) is 41.4 Å². The maximum Gasteiger partial charge on any atom is 0.336 e. The van der Waals surface area contributed by atoms with Crippen molar-refractivity contribution in [1.82, 2.24) is 23.7 Å². The van der Waals surface area contributed by atoms with Gasteiger partial charge in [0.2, 0.25) is 5.88 Å². The maximum atomic E-state index is 13.6. The lowest BCUT2D eigenvalue weighted by Gasteiger charge is -2.10. The van der Waals surface area contributed by atoms with E-state index in [-0.39, 0.29) is 34.9 Å². The van der Waals surface area contributed by atoms with Crippen molar-refractivity contribution in [3.05, 3.63) is 116 Å². The molecule has 0 aliphatic carbocycles. The van der Waals surface area contributed by atoms with Crippen molar-refractivity contribution in [2.24, 2.45) is 0 Å². The number of para-hydroxylation sites is 1. The lowest BCUT2D eigenvalue weighted by atomic mass is 10.0. The summed E-state index contributed by atoms with van der Waals surface area (Å²) in [5, 5.41) is 22.3. The number of pyridine rings is 1. The molecule has 0 atom stereocenters. The van der Waals surface area contributed by atoms with E-state index in [0.29, 0.717) is 28.2 Å². The van der Waals surface area contributed by atoms with Gasteiger partial charge in [0, 0.05) is 30.1 Å². The average molecular weight is 522 g/mol. The van der Waals surface area contributed by atoms with Crippen molar-refractivity contribution in [2.75, 3.05) is 0 Å². The van der Waals surface area contributed by atoms with Crippen LogP contribution in [0.2, 0.25) is 10.3 Å². The molecule has 0 aliphatic heterocycles. The van der Waals surface area contributed by atoms with Crippen LogP contribution in [0.4, 0.5) is 0 Å². The van der Waals surface area contributed by atoms with Gasteiger partial charge < -0.3 is 10.2 Å². The molecular formula is C26H21Cl2N5O3. The Hall–Kier alpha value is -4.01. The molecule has 5 aromatic rings. The highest BCUT2D eigenvalue weighted by Gasteiger charge is 2.22. The molecule has 0 saturated carbocycles. The van der Waals surface area contributed by atoms with E-state index in [4.69, 9.17) is 23.2 Å². The minimum Gasteiger partial charge on any atom is -0.507 e. The normalized spacial score (nSPS) is 11.2. The molecular weight excluding hydrogens is 501 g/mol. The van der Waals surface area contributed by atoms with Crippen LogP contribution >= 0.6 is 23.2 Å². The molecule has 0 saturated heterocycles. The Kier molecular flexibility index (Phi) is 6.30. The van der Waals surface area contributed by atoms with E-state index in [1.54, 1.807) is 60.3 Å². The lowest BCUT2D eigenvalue weighted by molar-refractivity contribution is 0.433. The Labute approximate surface area is 216 Å². The number of halogens is 2. The van der Waals surface area contributed by atoms with Crippen molar-refractivity contribution in [3.63, 3.8) is 0 Å². The second-order valence-electron chi connectivity index (χ2n) is 8.30. The van der Waals surface area contributed by atoms with Crippen molar-refractivity contribution in [3.8, 4) is 23.0 Å². The van der Waals surface area contributed by atoms with E-state index in [9.17, 15) is 15.0 Å². The van der Waals surface area contributed by atoms with Crippen molar-refractivity contribution in [1.29, 1.82) is 0 Å². The zero-order chi connectivity index (χ0) is 25.4. The summed E-state index contributed by atoms with van der Waals surface area (Å²) in [4.78, 5) is 21.6. The maximum absolute atomic E-state index is 13.6. The lowest BCUT2D eigenvalue weighted by Crippen LogP contribution is -2.25. The van der Waals surface area contributed by atoms with Gasteiger partial charge in [-0.3, -0.25) is 14.1 Å². The highest BCUT2D eigenvalue weighted by atomic mass is 35.5. The molecule has 3 heterocycles. The zero-order valence-corrected chi connectivity index (χ0v) is 20.6. The first-order valence-electron chi connectivity index (χ1n) is 11.0. The average Bonchev–Trinajstić information content (AvgIpc) is 3.33. The number of hydrogen-bond acceptors (Lipinski definition) is 5. The molecule has 0 amide bonds. The second-order valence-corrected chi connectivity index (χ2v) is 9.02. The predicted molar refractivity (Wildman–Crippen MR) is 138 cm³/mol.